The Hall–Kier alpha value is -0.810. The first-order chi connectivity index (χ1) is 9.66. The lowest BCUT2D eigenvalue weighted by Crippen LogP contribution is -2.49. The molecule has 0 aromatic carbocycles. The van der Waals surface area contributed by atoms with Crippen molar-refractivity contribution in [1.29, 1.82) is 0 Å². The Morgan fingerprint density at radius 1 is 1.35 bits per heavy atom. The molecular formula is C15H29N3O2. The predicted molar refractivity (Wildman–Crippen MR) is 79.8 cm³/mol. The van der Waals surface area contributed by atoms with Crippen LogP contribution in [0.15, 0.2) is 0 Å². The number of nitrogens with zero attached hydrogens (tertiary/aromatic N) is 2. The second-order valence-corrected chi connectivity index (χ2v) is 6.32. The molecular weight excluding hydrogens is 254 g/mol. The van der Waals surface area contributed by atoms with Crippen LogP contribution in [0.2, 0.25) is 0 Å². The number of hydrogen-bond donors (Lipinski definition) is 1. The number of likely N-dealkylation sites (tertiary alicyclic amines) is 1. The van der Waals surface area contributed by atoms with Crippen LogP contribution in [-0.4, -0.2) is 67.8 Å². The zero-order valence-corrected chi connectivity index (χ0v) is 12.9. The highest BCUT2D eigenvalue weighted by molar-refractivity contribution is 5.76. The molecule has 20 heavy (non-hydrogen) atoms. The standard InChI is InChI=1S/C15H29N3O2/c1-13(2)5-10-20-11-9-17-7-3-4-14(12-17)18-8-6-16-15(18)19/h13-14H,3-12H2,1-2H3,(H,16,19)/t14-/m1/s1. The summed E-state index contributed by atoms with van der Waals surface area (Å²) in [7, 11) is 0. The summed E-state index contributed by atoms with van der Waals surface area (Å²) in [6.45, 7) is 10.9. The average Bonchev–Trinajstić information content (AvgIpc) is 2.85. The molecule has 2 amide bonds. The van der Waals surface area contributed by atoms with E-state index in [0.717, 1.165) is 58.8 Å². The Labute approximate surface area is 122 Å². The van der Waals surface area contributed by atoms with Crippen LogP contribution in [0.4, 0.5) is 4.79 Å². The highest BCUT2D eigenvalue weighted by atomic mass is 16.5. The third kappa shape index (κ3) is 4.63. The van der Waals surface area contributed by atoms with E-state index < -0.39 is 0 Å². The van der Waals surface area contributed by atoms with Gasteiger partial charge in [-0.3, -0.25) is 4.90 Å². The van der Waals surface area contributed by atoms with E-state index in [1.54, 1.807) is 0 Å². The Balaban J connectivity index is 1.64. The number of nitrogens with one attached hydrogen (secondary N) is 1. The first-order valence-electron chi connectivity index (χ1n) is 8.01. The van der Waals surface area contributed by atoms with Crippen molar-refractivity contribution in [2.45, 2.75) is 39.2 Å². The Kier molecular flexibility index (Phi) is 6.10. The fraction of sp³-hybridized carbons (Fsp3) is 0.933. The van der Waals surface area contributed by atoms with Gasteiger partial charge in [0.2, 0.25) is 0 Å². The van der Waals surface area contributed by atoms with Crippen molar-refractivity contribution in [2.24, 2.45) is 5.92 Å². The van der Waals surface area contributed by atoms with Gasteiger partial charge >= 0.3 is 6.03 Å². The monoisotopic (exact) mass is 283 g/mol. The van der Waals surface area contributed by atoms with Crippen molar-refractivity contribution in [2.75, 3.05) is 45.9 Å². The zero-order chi connectivity index (χ0) is 14.4. The van der Waals surface area contributed by atoms with Crippen LogP contribution in [0.3, 0.4) is 0 Å². The predicted octanol–water partition coefficient (Wildman–Crippen LogP) is 1.54. The number of urea groups is 1. The van der Waals surface area contributed by atoms with E-state index in [9.17, 15) is 4.79 Å². The SMILES string of the molecule is CC(C)CCOCCN1CCC[C@@H](N2CCNC2=O)C1. The molecule has 0 spiro atoms. The molecule has 0 unspecified atom stereocenters. The molecule has 2 aliphatic heterocycles. The van der Waals surface area contributed by atoms with Gasteiger partial charge in [0.25, 0.3) is 0 Å². The van der Waals surface area contributed by atoms with Gasteiger partial charge in [-0.05, 0) is 31.7 Å². The van der Waals surface area contributed by atoms with E-state index in [0.29, 0.717) is 12.0 Å². The van der Waals surface area contributed by atoms with Gasteiger partial charge < -0.3 is 15.0 Å². The molecule has 2 heterocycles. The molecule has 116 valence electrons. The number of piperidine rings is 1. The summed E-state index contributed by atoms with van der Waals surface area (Å²) in [6, 6.07) is 0.506. The van der Waals surface area contributed by atoms with Crippen LogP contribution in [0.5, 0.6) is 0 Å². The van der Waals surface area contributed by atoms with Gasteiger partial charge in [0.15, 0.2) is 0 Å². The molecule has 0 aromatic rings. The van der Waals surface area contributed by atoms with E-state index in [2.05, 4.69) is 24.1 Å². The number of amides is 2. The minimum Gasteiger partial charge on any atom is -0.380 e. The molecule has 1 N–H and O–H groups in total. The Bertz CT molecular complexity index is 309. The summed E-state index contributed by atoms with van der Waals surface area (Å²) in [5.74, 6) is 0.711. The first kappa shape index (κ1) is 15.6. The maximum absolute atomic E-state index is 11.7. The molecule has 0 bridgehead atoms. The van der Waals surface area contributed by atoms with Gasteiger partial charge in [-0.15, -0.1) is 0 Å². The fourth-order valence-corrected chi connectivity index (χ4v) is 2.94. The molecule has 0 radical (unpaired) electrons. The van der Waals surface area contributed by atoms with E-state index in [1.807, 2.05) is 4.90 Å². The molecule has 2 aliphatic rings. The van der Waals surface area contributed by atoms with E-state index in [4.69, 9.17) is 4.74 Å². The summed E-state index contributed by atoms with van der Waals surface area (Å²) in [5, 5.41) is 2.90. The van der Waals surface area contributed by atoms with Crippen LogP contribution < -0.4 is 5.32 Å². The lowest BCUT2D eigenvalue weighted by Gasteiger charge is -2.36. The van der Waals surface area contributed by atoms with Gasteiger partial charge in [0.1, 0.15) is 0 Å². The maximum atomic E-state index is 11.7. The lowest BCUT2D eigenvalue weighted by molar-refractivity contribution is 0.0713. The molecule has 0 aliphatic carbocycles. The molecule has 5 nitrogen and oxygen atoms in total. The molecule has 0 saturated carbocycles. The van der Waals surface area contributed by atoms with Crippen molar-refractivity contribution in [1.82, 2.24) is 15.1 Å². The summed E-state index contributed by atoms with van der Waals surface area (Å²) >= 11 is 0. The number of rotatable bonds is 7. The third-order valence-corrected chi connectivity index (χ3v) is 4.20. The minimum absolute atomic E-state index is 0.116. The van der Waals surface area contributed by atoms with Crippen molar-refractivity contribution in [3.05, 3.63) is 0 Å². The second-order valence-electron chi connectivity index (χ2n) is 6.32. The smallest absolute Gasteiger partial charge is 0.317 e. The summed E-state index contributed by atoms with van der Waals surface area (Å²) in [6.07, 6.45) is 3.45. The molecule has 2 saturated heterocycles. The minimum atomic E-state index is 0.116. The number of ether oxygens (including phenoxy) is 1. The van der Waals surface area contributed by atoms with Crippen molar-refractivity contribution < 1.29 is 9.53 Å². The van der Waals surface area contributed by atoms with Gasteiger partial charge in [-0.25, -0.2) is 4.79 Å². The van der Waals surface area contributed by atoms with Crippen molar-refractivity contribution >= 4 is 6.03 Å². The van der Waals surface area contributed by atoms with Gasteiger partial charge in [0, 0.05) is 38.8 Å². The highest BCUT2D eigenvalue weighted by Gasteiger charge is 2.30. The first-order valence-corrected chi connectivity index (χ1v) is 8.01. The van der Waals surface area contributed by atoms with Crippen LogP contribution in [-0.2, 0) is 4.74 Å². The number of carbonyl (C=O) groups is 1. The Morgan fingerprint density at radius 3 is 2.90 bits per heavy atom. The van der Waals surface area contributed by atoms with Gasteiger partial charge in [-0.1, -0.05) is 13.8 Å². The van der Waals surface area contributed by atoms with Crippen LogP contribution in [0, 0.1) is 5.92 Å². The number of hydrogen-bond acceptors (Lipinski definition) is 3. The van der Waals surface area contributed by atoms with Crippen molar-refractivity contribution in [3.63, 3.8) is 0 Å². The van der Waals surface area contributed by atoms with Crippen LogP contribution >= 0.6 is 0 Å². The third-order valence-electron chi connectivity index (χ3n) is 4.20. The quantitative estimate of drug-likeness (QED) is 0.721. The van der Waals surface area contributed by atoms with Gasteiger partial charge in [0.05, 0.1) is 6.61 Å². The maximum Gasteiger partial charge on any atom is 0.317 e. The average molecular weight is 283 g/mol. The van der Waals surface area contributed by atoms with Crippen LogP contribution in [0.25, 0.3) is 0 Å². The van der Waals surface area contributed by atoms with Crippen LogP contribution in [0.1, 0.15) is 33.1 Å². The summed E-state index contributed by atoms with van der Waals surface area (Å²) in [4.78, 5) is 16.2. The topological polar surface area (TPSA) is 44.8 Å². The molecule has 2 fully saturated rings. The second kappa shape index (κ2) is 7.84. The molecule has 2 rings (SSSR count). The molecule has 1 atom stereocenters. The zero-order valence-electron chi connectivity index (χ0n) is 12.9. The fourth-order valence-electron chi connectivity index (χ4n) is 2.94. The largest absolute Gasteiger partial charge is 0.380 e. The highest BCUT2D eigenvalue weighted by Crippen LogP contribution is 2.17. The lowest BCUT2D eigenvalue weighted by atomic mass is 10.0. The van der Waals surface area contributed by atoms with E-state index in [1.165, 1.54) is 6.42 Å². The van der Waals surface area contributed by atoms with E-state index >= 15 is 0 Å². The normalized spacial score (nSPS) is 24.4. The van der Waals surface area contributed by atoms with Gasteiger partial charge in [-0.2, -0.15) is 0 Å². The Morgan fingerprint density at radius 2 is 2.20 bits per heavy atom. The number of carbonyl (C=O) groups excluding carboxylic acids is 1. The molecule has 0 aromatic heterocycles. The molecule has 5 heteroatoms. The summed E-state index contributed by atoms with van der Waals surface area (Å²) < 4.78 is 5.69. The van der Waals surface area contributed by atoms with E-state index in [-0.39, 0.29) is 6.03 Å². The summed E-state index contributed by atoms with van der Waals surface area (Å²) in [5.41, 5.74) is 0. The van der Waals surface area contributed by atoms with Crippen molar-refractivity contribution in [3.8, 4) is 0 Å².